The van der Waals surface area contributed by atoms with Gasteiger partial charge in [-0.1, -0.05) is 6.92 Å². The van der Waals surface area contributed by atoms with Crippen molar-refractivity contribution in [2.75, 3.05) is 26.7 Å². The molecule has 0 radical (unpaired) electrons. The van der Waals surface area contributed by atoms with Gasteiger partial charge in [0.15, 0.2) is 0 Å². The van der Waals surface area contributed by atoms with Crippen molar-refractivity contribution in [3.05, 3.63) is 0 Å². The fourth-order valence-electron chi connectivity index (χ4n) is 1.90. The number of amides is 1. The molecule has 88 valence electrons. The maximum Gasteiger partial charge on any atom is 0.223 e. The molecule has 2 N–H and O–H groups in total. The summed E-state index contributed by atoms with van der Waals surface area (Å²) in [6.45, 7) is 4.49. The summed E-state index contributed by atoms with van der Waals surface area (Å²) < 4.78 is 0. The second-order valence-corrected chi connectivity index (χ2v) is 4.37. The minimum Gasteiger partial charge on any atom is -0.393 e. The lowest BCUT2D eigenvalue weighted by molar-refractivity contribution is -0.131. The number of hydrogen-bond acceptors (Lipinski definition) is 3. The van der Waals surface area contributed by atoms with E-state index < -0.39 is 0 Å². The largest absolute Gasteiger partial charge is 0.393 e. The molecule has 0 aromatic carbocycles. The monoisotopic (exact) mass is 214 g/mol. The molecule has 1 fully saturated rings. The Bertz CT molecular complexity index is 203. The van der Waals surface area contributed by atoms with Crippen LogP contribution in [0.3, 0.4) is 0 Å². The predicted molar refractivity (Wildman–Crippen MR) is 59.5 cm³/mol. The molecule has 0 saturated heterocycles. The lowest BCUT2D eigenvalue weighted by atomic mass is 9.82. The highest BCUT2D eigenvalue weighted by Gasteiger charge is 2.28. The highest BCUT2D eigenvalue weighted by atomic mass is 16.3. The van der Waals surface area contributed by atoms with Gasteiger partial charge in [0.1, 0.15) is 0 Å². The van der Waals surface area contributed by atoms with Crippen molar-refractivity contribution < 1.29 is 9.90 Å². The third kappa shape index (κ3) is 4.18. The van der Waals surface area contributed by atoms with Gasteiger partial charge in [-0.3, -0.25) is 4.79 Å². The lowest BCUT2D eigenvalue weighted by Crippen LogP contribution is -2.40. The maximum atomic E-state index is 11.6. The molecule has 1 saturated carbocycles. The van der Waals surface area contributed by atoms with Crippen LogP contribution in [0.2, 0.25) is 0 Å². The number of nitrogens with one attached hydrogen (secondary N) is 1. The fourth-order valence-corrected chi connectivity index (χ4v) is 1.90. The van der Waals surface area contributed by atoms with Crippen LogP contribution in [0.1, 0.15) is 26.2 Å². The molecule has 4 heteroatoms. The van der Waals surface area contributed by atoms with Crippen LogP contribution in [0.25, 0.3) is 0 Å². The van der Waals surface area contributed by atoms with Crippen LogP contribution >= 0.6 is 0 Å². The molecule has 1 amide bonds. The van der Waals surface area contributed by atoms with Gasteiger partial charge in [-0.25, -0.2) is 0 Å². The molecule has 0 spiro atoms. The molecular formula is C11H22N2O2. The zero-order valence-corrected chi connectivity index (χ0v) is 9.70. The highest BCUT2D eigenvalue weighted by molar-refractivity contribution is 5.76. The Labute approximate surface area is 91.6 Å². The Morgan fingerprint density at radius 1 is 1.53 bits per heavy atom. The Morgan fingerprint density at radius 3 is 2.73 bits per heavy atom. The molecule has 15 heavy (non-hydrogen) atoms. The summed E-state index contributed by atoms with van der Waals surface area (Å²) in [5.74, 6) is 0.699. The van der Waals surface area contributed by atoms with E-state index in [1.54, 1.807) is 4.90 Å². The van der Waals surface area contributed by atoms with E-state index in [-0.39, 0.29) is 12.0 Å². The Hall–Kier alpha value is -0.610. The Morgan fingerprint density at radius 2 is 2.20 bits per heavy atom. The van der Waals surface area contributed by atoms with Crippen LogP contribution in [0, 0.1) is 5.92 Å². The normalized spacial score (nSPS) is 24.7. The molecule has 1 rings (SSSR count). The summed E-state index contributed by atoms with van der Waals surface area (Å²) in [7, 11) is 1.85. The van der Waals surface area contributed by atoms with E-state index in [0.717, 1.165) is 32.5 Å². The van der Waals surface area contributed by atoms with Crippen molar-refractivity contribution >= 4 is 5.91 Å². The summed E-state index contributed by atoms with van der Waals surface area (Å²) in [4.78, 5) is 13.4. The van der Waals surface area contributed by atoms with Gasteiger partial charge in [-0.15, -0.1) is 0 Å². The van der Waals surface area contributed by atoms with E-state index in [4.69, 9.17) is 5.11 Å². The molecule has 4 nitrogen and oxygen atoms in total. The SMILES string of the molecule is CCNCCC(=O)N(C)CC1CC(O)C1. The highest BCUT2D eigenvalue weighted by Crippen LogP contribution is 2.27. The minimum atomic E-state index is -0.125. The van der Waals surface area contributed by atoms with E-state index in [2.05, 4.69) is 5.32 Å². The van der Waals surface area contributed by atoms with Gasteiger partial charge in [0, 0.05) is 26.6 Å². The number of nitrogens with zero attached hydrogens (tertiary/aromatic N) is 1. The first-order chi connectivity index (χ1) is 7.13. The zero-order chi connectivity index (χ0) is 11.3. The van der Waals surface area contributed by atoms with Crippen LogP contribution in [-0.2, 0) is 4.79 Å². The van der Waals surface area contributed by atoms with Crippen molar-refractivity contribution in [2.45, 2.75) is 32.3 Å². The first-order valence-electron chi connectivity index (χ1n) is 5.76. The summed E-state index contributed by atoms with van der Waals surface area (Å²) in [6, 6.07) is 0. The van der Waals surface area contributed by atoms with E-state index in [0.29, 0.717) is 12.3 Å². The summed E-state index contributed by atoms with van der Waals surface area (Å²) >= 11 is 0. The average molecular weight is 214 g/mol. The van der Waals surface area contributed by atoms with Gasteiger partial charge < -0.3 is 15.3 Å². The van der Waals surface area contributed by atoms with Crippen molar-refractivity contribution in [3.63, 3.8) is 0 Å². The van der Waals surface area contributed by atoms with Crippen molar-refractivity contribution in [1.82, 2.24) is 10.2 Å². The molecule has 0 bridgehead atoms. The summed E-state index contributed by atoms with van der Waals surface area (Å²) in [5.41, 5.74) is 0. The second-order valence-electron chi connectivity index (χ2n) is 4.37. The molecule has 0 aromatic heterocycles. The number of carbonyl (C=O) groups is 1. The van der Waals surface area contributed by atoms with Crippen molar-refractivity contribution in [1.29, 1.82) is 0 Å². The minimum absolute atomic E-state index is 0.125. The molecule has 0 unspecified atom stereocenters. The third-order valence-electron chi connectivity index (χ3n) is 2.93. The molecule has 0 heterocycles. The van der Waals surface area contributed by atoms with Gasteiger partial charge in [-0.2, -0.15) is 0 Å². The van der Waals surface area contributed by atoms with Crippen LogP contribution in [-0.4, -0.2) is 48.7 Å². The van der Waals surface area contributed by atoms with Gasteiger partial charge in [0.2, 0.25) is 5.91 Å². The first kappa shape index (κ1) is 12.5. The van der Waals surface area contributed by atoms with E-state index >= 15 is 0 Å². The van der Waals surface area contributed by atoms with Crippen molar-refractivity contribution in [3.8, 4) is 0 Å². The van der Waals surface area contributed by atoms with Crippen LogP contribution in [0.15, 0.2) is 0 Å². The number of aliphatic hydroxyl groups is 1. The van der Waals surface area contributed by atoms with Crippen LogP contribution in [0.4, 0.5) is 0 Å². The molecule has 0 aliphatic heterocycles. The van der Waals surface area contributed by atoms with E-state index in [1.165, 1.54) is 0 Å². The zero-order valence-electron chi connectivity index (χ0n) is 9.70. The van der Waals surface area contributed by atoms with Crippen LogP contribution < -0.4 is 5.32 Å². The molecule has 0 aromatic rings. The average Bonchev–Trinajstić information content (AvgIpc) is 2.15. The number of rotatable bonds is 6. The molecule has 1 aliphatic carbocycles. The third-order valence-corrected chi connectivity index (χ3v) is 2.93. The van der Waals surface area contributed by atoms with Gasteiger partial charge in [0.05, 0.1) is 6.10 Å². The molecular weight excluding hydrogens is 192 g/mol. The lowest BCUT2D eigenvalue weighted by Gasteiger charge is -2.34. The molecule has 0 atom stereocenters. The number of carbonyl (C=O) groups excluding carboxylic acids is 1. The quantitative estimate of drug-likeness (QED) is 0.622. The van der Waals surface area contributed by atoms with Crippen molar-refractivity contribution in [2.24, 2.45) is 5.92 Å². The molecule has 1 aliphatic rings. The standard InChI is InChI=1S/C11H22N2O2/c1-3-12-5-4-11(15)13(2)8-9-6-10(14)7-9/h9-10,12,14H,3-8H2,1-2H3. The number of aliphatic hydroxyl groups excluding tert-OH is 1. The smallest absolute Gasteiger partial charge is 0.223 e. The fraction of sp³-hybridized carbons (Fsp3) is 0.909. The second kappa shape index (κ2) is 6.08. The Kier molecular flexibility index (Phi) is 5.05. The summed E-state index contributed by atoms with van der Waals surface area (Å²) in [6.07, 6.45) is 2.15. The van der Waals surface area contributed by atoms with Gasteiger partial charge in [0.25, 0.3) is 0 Å². The first-order valence-corrected chi connectivity index (χ1v) is 5.76. The maximum absolute atomic E-state index is 11.6. The summed E-state index contributed by atoms with van der Waals surface area (Å²) in [5, 5.41) is 12.3. The number of hydrogen-bond donors (Lipinski definition) is 2. The predicted octanol–water partition coefficient (Wildman–Crippen LogP) is 0.215. The van der Waals surface area contributed by atoms with Crippen LogP contribution in [0.5, 0.6) is 0 Å². The van der Waals surface area contributed by atoms with Gasteiger partial charge >= 0.3 is 0 Å². The topological polar surface area (TPSA) is 52.6 Å². The van der Waals surface area contributed by atoms with E-state index in [9.17, 15) is 4.79 Å². The van der Waals surface area contributed by atoms with E-state index in [1.807, 2.05) is 14.0 Å². The Balaban J connectivity index is 2.10. The van der Waals surface area contributed by atoms with Gasteiger partial charge in [-0.05, 0) is 25.3 Å².